The van der Waals surface area contributed by atoms with Crippen LogP contribution in [0.3, 0.4) is 0 Å². The van der Waals surface area contributed by atoms with Gasteiger partial charge in [-0.2, -0.15) is 0 Å². The van der Waals surface area contributed by atoms with E-state index in [1.165, 1.54) is 193 Å². The molecule has 1 rings (SSSR count). The molecule has 0 fully saturated rings. The molecule has 38 heavy (non-hydrogen) atoms. The maximum Gasteiger partial charge on any atom is 0.101 e. The Morgan fingerprint density at radius 2 is 0.605 bits per heavy atom. The largest absolute Gasteiger partial charge is 0.356 e. The first-order valence-electron chi connectivity index (χ1n) is 18.0. The lowest BCUT2D eigenvalue weighted by molar-refractivity contribution is 0.136. The van der Waals surface area contributed by atoms with Crippen LogP contribution < -0.4 is 0 Å². The van der Waals surface area contributed by atoms with Gasteiger partial charge >= 0.3 is 0 Å². The van der Waals surface area contributed by atoms with Crippen LogP contribution in [0.5, 0.6) is 0 Å². The maximum atomic E-state index is 2.68. The van der Waals surface area contributed by atoms with Gasteiger partial charge in [0, 0.05) is 25.5 Å². The van der Waals surface area contributed by atoms with E-state index in [2.05, 4.69) is 43.0 Å². The van der Waals surface area contributed by atoms with Gasteiger partial charge < -0.3 is 9.80 Å². The SMILES string of the molecule is CCCCCCCCCCCCCCCN1C=CN(CCCCCCCCCCCCCC)C1CCCC. The monoisotopic (exact) mass is 533 g/mol. The summed E-state index contributed by atoms with van der Waals surface area (Å²) in [5, 5.41) is 0. The molecule has 2 nitrogen and oxygen atoms in total. The third-order valence-corrected chi connectivity index (χ3v) is 8.82. The van der Waals surface area contributed by atoms with Gasteiger partial charge in [0.25, 0.3) is 0 Å². The van der Waals surface area contributed by atoms with Crippen molar-refractivity contribution in [2.24, 2.45) is 0 Å². The van der Waals surface area contributed by atoms with Crippen molar-refractivity contribution < 1.29 is 0 Å². The number of nitrogens with zero attached hydrogens (tertiary/aromatic N) is 2. The summed E-state index contributed by atoms with van der Waals surface area (Å²) in [7, 11) is 0. The summed E-state index contributed by atoms with van der Waals surface area (Å²) in [6, 6.07) is 0. The summed E-state index contributed by atoms with van der Waals surface area (Å²) < 4.78 is 0. The molecule has 1 aliphatic rings. The molecule has 1 aliphatic heterocycles. The van der Waals surface area contributed by atoms with Crippen LogP contribution in [0.25, 0.3) is 0 Å². The second-order valence-electron chi connectivity index (χ2n) is 12.5. The fourth-order valence-electron chi connectivity index (χ4n) is 6.17. The van der Waals surface area contributed by atoms with Gasteiger partial charge in [-0.05, 0) is 25.7 Å². The Hall–Kier alpha value is -0.660. The zero-order valence-corrected chi connectivity index (χ0v) is 26.8. The molecule has 0 aliphatic carbocycles. The van der Waals surface area contributed by atoms with Crippen LogP contribution in [0.15, 0.2) is 12.4 Å². The second-order valence-corrected chi connectivity index (χ2v) is 12.5. The normalized spacial score (nSPS) is 15.3. The average molecular weight is 533 g/mol. The number of rotatable bonds is 30. The summed E-state index contributed by atoms with van der Waals surface area (Å²) >= 11 is 0. The van der Waals surface area contributed by atoms with E-state index in [1.54, 1.807) is 0 Å². The van der Waals surface area contributed by atoms with Gasteiger partial charge in [-0.1, -0.05) is 175 Å². The molecule has 226 valence electrons. The molecule has 0 aromatic rings. The topological polar surface area (TPSA) is 6.48 Å². The molecule has 0 amide bonds. The summed E-state index contributed by atoms with van der Waals surface area (Å²) in [6.07, 6.45) is 45.5. The van der Waals surface area contributed by atoms with Crippen molar-refractivity contribution >= 4 is 0 Å². The first-order valence-corrected chi connectivity index (χ1v) is 18.0. The summed E-state index contributed by atoms with van der Waals surface area (Å²) in [5.74, 6) is 0. The first kappa shape index (κ1) is 35.4. The van der Waals surface area contributed by atoms with E-state index in [1.807, 2.05) is 0 Å². The number of hydrogen-bond donors (Lipinski definition) is 0. The molecular weight excluding hydrogens is 460 g/mol. The lowest BCUT2D eigenvalue weighted by Gasteiger charge is -2.33. The van der Waals surface area contributed by atoms with Crippen molar-refractivity contribution in [3.63, 3.8) is 0 Å². The highest BCUT2D eigenvalue weighted by Crippen LogP contribution is 2.23. The predicted molar refractivity (Wildman–Crippen MR) is 173 cm³/mol. The summed E-state index contributed by atoms with van der Waals surface area (Å²) in [5.41, 5.74) is 0. The Morgan fingerprint density at radius 1 is 0.342 bits per heavy atom. The zero-order chi connectivity index (χ0) is 27.4. The lowest BCUT2D eigenvalue weighted by atomic mass is 10.0. The van der Waals surface area contributed by atoms with Crippen LogP contribution >= 0.6 is 0 Å². The fraction of sp³-hybridized carbons (Fsp3) is 0.944. The van der Waals surface area contributed by atoms with Crippen molar-refractivity contribution in [3.8, 4) is 0 Å². The van der Waals surface area contributed by atoms with Crippen molar-refractivity contribution in [1.82, 2.24) is 9.80 Å². The molecule has 0 spiro atoms. The van der Waals surface area contributed by atoms with Crippen LogP contribution in [-0.2, 0) is 0 Å². The lowest BCUT2D eigenvalue weighted by Crippen LogP contribution is -2.39. The van der Waals surface area contributed by atoms with E-state index in [0.29, 0.717) is 6.17 Å². The highest BCUT2D eigenvalue weighted by molar-refractivity contribution is 4.96. The van der Waals surface area contributed by atoms with Crippen LogP contribution in [0.4, 0.5) is 0 Å². The third kappa shape index (κ3) is 20.3. The molecular formula is C36H72N2. The number of unbranched alkanes of at least 4 members (excludes halogenated alkanes) is 24. The van der Waals surface area contributed by atoms with Gasteiger partial charge in [0.2, 0.25) is 0 Å². The van der Waals surface area contributed by atoms with Crippen LogP contribution in [0, 0.1) is 0 Å². The fourth-order valence-corrected chi connectivity index (χ4v) is 6.17. The molecule has 0 N–H and O–H groups in total. The van der Waals surface area contributed by atoms with Gasteiger partial charge in [-0.3, -0.25) is 0 Å². The van der Waals surface area contributed by atoms with Crippen molar-refractivity contribution in [3.05, 3.63) is 12.4 Å². The Kier molecular flexibility index (Phi) is 26.0. The van der Waals surface area contributed by atoms with E-state index in [4.69, 9.17) is 0 Å². The minimum atomic E-state index is 0.639. The van der Waals surface area contributed by atoms with Crippen molar-refractivity contribution in [1.29, 1.82) is 0 Å². The Bertz CT molecular complexity index is 488. The molecule has 0 aromatic carbocycles. The van der Waals surface area contributed by atoms with Gasteiger partial charge in [-0.15, -0.1) is 0 Å². The van der Waals surface area contributed by atoms with E-state index in [0.717, 1.165) is 0 Å². The molecule has 1 heterocycles. The molecule has 0 saturated heterocycles. The highest BCUT2D eigenvalue weighted by atomic mass is 15.4. The van der Waals surface area contributed by atoms with E-state index in [-0.39, 0.29) is 0 Å². The minimum absolute atomic E-state index is 0.639. The van der Waals surface area contributed by atoms with Gasteiger partial charge in [0.15, 0.2) is 0 Å². The highest BCUT2D eigenvalue weighted by Gasteiger charge is 2.24. The summed E-state index contributed by atoms with van der Waals surface area (Å²) in [6.45, 7) is 9.48. The van der Waals surface area contributed by atoms with Crippen molar-refractivity contribution in [2.75, 3.05) is 13.1 Å². The smallest absolute Gasteiger partial charge is 0.101 e. The molecule has 2 heteroatoms. The zero-order valence-electron chi connectivity index (χ0n) is 26.8. The van der Waals surface area contributed by atoms with Crippen molar-refractivity contribution in [2.45, 2.75) is 207 Å². The van der Waals surface area contributed by atoms with E-state index >= 15 is 0 Å². The molecule has 0 bridgehead atoms. The quantitative estimate of drug-likeness (QED) is 0.0848. The Morgan fingerprint density at radius 3 is 0.895 bits per heavy atom. The van der Waals surface area contributed by atoms with Gasteiger partial charge in [-0.25, -0.2) is 0 Å². The third-order valence-electron chi connectivity index (χ3n) is 8.82. The Labute approximate surface area is 241 Å². The summed E-state index contributed by atoms with van der Waals surface area (Å²) in [4.78, 5) is 5.35. The molecule has 1 unspecified atom stereocenters. The molecule has 1 atom stereocenters. The number of hydrogen-bond acceptors (Lipinski definition) is 2. The maximum absolute atomic E-state index is 2.68. The van der Waals surface area contributed by atoms with Crippen LogP contribution in [-0.4, -0.2) is 29.1 Å². The van der Waals surface area contributed by atoms with E-state index in [9.17, 15) is 0 Å². The molecule has 0 radical (unpaired) electrons. The molecule has 0 saturated carbocycles. The minimum Gasteiger partial charge on any atom is -0.356 e. The second kappa shape index (κ2) is 27.9. The van der Waals surface area contributed by atoms with Crippen LogP contribution in [0.2, 0.25) is 0 Å². The first-order chi connectivity index (χ1) is 18.8. The predicted octanol–water partition coefficient (Wildman–Crippen LogP) is 12.4. The Balaban J connectivity index is 2.02. The average Bonchev–Trinajstić information content (AvgIpc) is 3.31. The standard InChI is InChI=1S/C36H72N2/c1-4-7-10-12-14-16-18-20-22-24-26-28-30-33-38-35-34-37(36(38)31-9-6-3)32-29-27-25-23-21-19-17-15-13-11-8-5-2/h34-36H,4-33H2,1-3H3. The van der Waals surface area contributed by atoms with Crippen LogP contribution in [0.1, 0.15) is 201 Å². The van der Waals surface area contributed by atoms with Gasteiger partial charge in [0.05, 0.1) is 0 Å². The van der Waals surface area contributed by atoms with E-state index < -0.39 is 0 Å². The van der Waals surface area contributed by atoms with Gasteiger partial charge in [0.1, 0.15) is 6.17 Å². The molecule has 0 aromatic heterocycles.